The van der Waals surface area contributed by atoms with Crippen molar-refractivity contribution in [1.82, 2.24) is 15.0 Å². The number of halogens is 3. The van der Waals surface area contributed by atoms with Gasteiger partial charge >= 0.3 is 12.1 Å². The van der Waals surface area contributed by atoms with Crippen LogP contribution in [0.25, 0.3) is 5.69 Å². The van der Waals surface area contributed by atoms with Gasteiger partial charge in [-0.2, -0.15) is 13.2 Å². The molecule has 1 fully saturated rings. The summed E-state index contributed by atoms with van der Waals surface area (Å²) in [4.78, 5) is 16.6. The zero-order chi connectivity index (χ0) is 21.3. The number of benzene rings is 2. The summed E-state index contributed by atoms with van der Waals surface area (Å²) in [5, 5.41) is 17.7. The van der Waals surface area contributed by atoms with Crippen molar-refractivity contribution in [2.75, 3.05) is 36.0 Å². The Morgan fingerprint density at radius 1 is 0.867 bits per heavy atom. The number of aromatic carboxylic acids is 1. The molecule has 1 N–H and O–H groups in total. The average molecular weight is 417 g/mol. The van der Waals surface area contributed by atoms with Gasteiger partial charge in [0.25, 0.3) is 0 Å². The molecular formula is C20H18F3N5O2. The van der Waals surface area contributed by atoms with Gasteiger partial charge in [0, 0.05) is 31.9 Å². The van der Waals surface area contributed by atoms with Crippen LogP contribution in [0.3, 0.4) is 0 Å². The molecule has 0 spiro atoms. The first-order chi connectivity index (χ1) is 14.3. The zero-order valence-electron chi connectivity index (χ0n) is 15.8. The smallest absolute Gasteiger partial charge is 0.416 e. The number of anilines is 2. The first-order valence-corrected chi connectivity index (χ1v) is 9.26. The van der Waals surface area contributed by atoms with Crippen LogP contribution in [0.15, 0.2) is 54.6 Å². The number of rotatable bonds is 4. The lowest BCUT2D eigenvalue weighted by molar-refractivity contribution is -0.137. The minimum Gasteiger partial charge on any atom is -0.476 e. The van der Waals surface area contributed by atoms with E-state index in [-0.39, 0.29) is 17.2 Å². The van der Waals surface area contributed by atoms with Crippen molar-refractivity contribution in [2.45, 2.75) is 6.18 Å². The summed E-state index contributed by atoms with van der Waals surface area (Å²) >= 11 is 0. The van der Waals surface area contributed by atoms with Crippen molar-refractivity contribution in [3.63, 3.8) is 0 Å². The predicted octanol–water partition coefficient (Wildman–Crippen LogP) is 3.31. The van der Waals surface area contributed by atoms with E-state index < -0.39 is 17.7 Å². The fourth-order valence-corrected chi connectivity index (χ4v) is 3.39. The summed E-state index contributed by atoms with van der Waals surface area (Å²) in [5.41, 5.74) is -0.0301. The van der Waals surface area contributed by atoms with Gasteiger partial charge in [-0.3, -0.25) is 0 Å². The lowest BCUT2D eigenvalue weighted by atomic mass is 10.2. The Bertz CT molecular complexity index is 1040. The summed E-state index contributed by atoms with van der Waals surface area (Å²) in [6.07, 6.45) is -4.52. The van der Waals surface area contributed by atoms with Crippen LogP contribution in [0.5, 0.6) is 0 Å². The molecule has 0 amide bonds. The molecule has 4 rings (SSSR count). The fraction of sp³-hybridized carbons (Fsp3) is 0.250. The predicted molar refractivity (Wildman–Crippen MR) is 104 cm³/mol. The number of hydrogen-bond donors (Lipinski definition) is 1. The molecule has 0 radical (unpaired) electrons. The van der Waals surface area contributed by atoms with E-state index in [1.54, 1.807) is 4.90 Å². The number of carboxylic acids is 1. The largest absolute Gasteiger partial charge is 0.476 e. The second-order valence-electron chi connectivity index (χ2n) is 6.82. The number of piperazine rings is 1. The molecule has 30 heavy (non-hydrogen) atoms. The van der Waals surface area contributed by atoms with Crippen LogP contribution >= 0.6 is 0 Å². The van der Waals surface area contributed by atoms with Crippen LogP contribution in [0, 0.1) is 0 Å². The standard InChI is InChI=1S/C20H18F3N5O2/c21-20(22,23)14-5-4-8-16(13-14)28-24-17(19(29)30)18(25-28)27-11-9-26(10-12-27)15-6-2-1-3-7-15/h1-8,13H,9-12H2,(H,29,30). The molecule has 1 aliphatic rings. The maximum absolute atomic E-state index is 13.0. The molecule has 0 bridgehead atoms. The number of carbonyl (C=O) groups is 1. The highest BCUT2D eigenvalue weighted by Gasteiger charge is 2.31. The molecule has 10 heteroatoms. The lowest BCUT2D eigenvalue weighted by Gasteiger charge is -2.36. The Kier molecular flexibility index (Phi) is 5.06. The Balaban J connectivity index is 1.59. The Morgan fingerprint density at radius 2 is 1.50 bits per heavy atom. The second-order valence-corrected chi connectivity index (χ2v) is 6.82. The van der Waals surface area contributed by atoms with Gasteiger partial charge in [0.1, 0.15) is 0 Å². The van der Waals surface area contributed by atoms with E-state index in [1.165, 1.54) is 12.1 Å². The molecule has 0 atom stereocenters. The molecule has 2 heterocycles. The molecule has 1 aliphatic heterocycles. The van der Waals surface area contributed by atoms with Gasteiger partial charge in [-0.1, -0.05) is 24.3 Å². The van der Waals surface area contributed by atoms with Gasteiger partial charge in [-0.05, 0) is 30.3 Å². The molecule has 156 valence electrons. The van der Waals surface area contributed by atoms with Crippen molar-refractivity contribution < 1.29 is 23.1 Å². The minimum absolute atomic E-state index is 0.0431. The zero-order valence-corrected chi connectivity index (χ0v) is 15.8. The highest BCUT2D eigenvalue weighted by Crippen LogP contribution is 2.30. The number of alkyl halides is 3. The van der Waals surface area contributed by atoms with Crippen molar-refractivity contribution in [1.29, 1.82) is 0 Å². The van der Waals surface area contributed by atoms with Crippen LogP contribution in [-0.4, -0.2) is 52.2 Å². The van der Waals surface area contributed by atoms with E-state index in [0.29, 0.717) is 26.2 Å². The van der Waals surface area contributed by atoms with Gasteiger partial charge in [0.05, 0.1) is 11.3 Å². The third-order valence-electron chi connectivity index (χ3n) is 4.90. The highest BCUT2D eigenvalue weighted by molar-refractivity contribution is 5.91. The van der Waals surface area contributed by atoms with Crippen LogP contribution in [0.4, 0.5) is 24.7 Å². The molecular weight excluding hydrogens is 399 g/mol. The molecule has 0 aliphatic carbocycles. The minimum atomic E-state index is -4.52. The lowest BCUT2D eigenvalue weighted by Crippen LogP contribution is -2.47. The Morgan fingerprint density at radius 3 is 2.13 bits per heavy atom. The quantitative estimate of drug-likeness (QED) is 0.702. The number of nitrogens with zero attached hydrogens (tertiary/aromatic N) is 5. The summed E-state index contributed by atoms with van der Waals surface area (Å²) in [7, 11) is 0. The van der Waals surface area contributed by atoms with Gasteiger partial charge in [0.15, 0.2) is 5.82 Å². The third-order valence-corrected chi connectivity index (χ3v) is 4.90. The van der Waals surface area contributed by atoms with Crippen molar-refractivity contribution in [3.8, 4) is 5.69 Å². The summed E-state index contributed by atoms with van der Waals surface area (Å²) in [6, 6.07) is 14.3. The van der Waals surface area contributed by atoms with Crippen LogP contribution in [-0.2, 0) is 6.18 Å². The van der Waals surface area contributed by atoms with Gasteiger partial charge in [0.2, 0.25) is 5.69 Å². The number of para-hydroxylation sites is 1. The van der Waals surface area contributed by atoms with E-state index in [4.69, 9.17) is 0 Å². The summed E-state index contributed by atoms with van der Waals surface area (Å²) in [5.74, 6) is -1.14. The van der Waals surface area contributed by atoms with E-state index in [2.05, 4.69) is 15.1 Å². The molecule has 0 unspecified atom stereocenters. The van der Waals surface area contributed by atoms with Gasteiger partial charge in [-0.15, -0.1) is 15.0 Å². The molecule has 0 saturated carbocycles. The summed E-state index contributed by atoms with van der Waals surface area (Å²) < 4.78 is 39.0. The molecule has 2 aromatic carbocycles. The Hall–Kier alpha value is -3.56. The van der Waals surface area contributed by atoms with Gasteiger partial charge < -0.3 is 14.9 Å². The van der Waals surface area contributed by atoms with E-state index >= 15 is 0 Å². The molecule has 7 nitrogen and oxygen atoms in total. The van der Waals surface area contributed by atoms with E-state index in [0.717, 1.165) is 22.6 Å². The first-order valence-electron chi connectivity index (χ1n) is 9.26. The first kappa shape index (κ1) is 19.7. The van der Waals surface area contributed by atoms with Gasteiger partial charge in [-0.25, -0.2) is 4.79 Å². The van der Waals surface area contributed by atoms with Crippen molar-refractivity contribution >= 4 is 17.5 Å². The third kappa shape index (κ3) is 3.93. The maximum atomic E-state index is 13.0. The highest BCUT2D eigenvalue weighted by atomic mass is 19.4. The Labute approximate surface area is 169 Å². The second kappa shape index (κ2) is 7.69. The normalized spacial score (nSPS) is 14.8. The van der Waals surface area contributed by atoms with Crippen molar-refractivity contribution in [3.05, 3.63) is 65.9 Å². The number of hydrogen-bond acceptors (Lipinski definition) is 5. The molecule has 3 aromatic rings. The van der Waals surface area contributed by atoms with E-state index in [9.17, 15) is 23.1 Å². The van der Waals surface area contributed by atoms with Crippen LogP contribution in [0.2, 0.25) is 0 Å². The SMILES string of the molecule is O=C(O)c1nn(-c2cccc(C(F)(F)F)c2)nc1N1CCN(c2ccccc2)CC1. The molecule has 1 aromatic heterocycles. The van der Waals surface area contributed by atoms with Crippen LogP contribution < -0.4 is 9.80 Å². The maximum Gasteiger partial charge on any atom is 0.416 e. The van der Waals surface area contributed by atoms with Crippen molar-refractivity contribution in [2.24, 2.45) is 0 Å². The number of aromatic nitrogens is 3. The van der Waals surface area contributed by atoms with E-state index in [1.807, 2.05) is 30.3 Å². The average Bonchev–Trinajstić information content (AvgIpc) is 3.20. The van der Waals surface area contributed by atoms with Crippen LogP contribution in [0.1, 0.15) is 16.1 Å². The molecule has 1 saturated heterocycles. The topological polar surface area (TPSA) is 74.5 Å². The monoisotopic (exact) mass is 417 g/mol. The summed E-state index contributed by atoms with van der Waals surface area (Å²) in [6.45, 7) is 2.33. The fourth-order valence-electron chi connectivity index (χ4n) is 3.39. The number of carboxylic acid groups (broad SMARTS) is 1.